The molecule has 160 valence electrons. The van der Waals surface area contributed by atoms with Gasteiger partial charge in [0.2, 0.25) is 5.91 Å². The average Bonchev–Trinajstić information content (AvgIpc) is 3.59. The van der Waals surface area contributed by atoms with E-state index in [0.29, 0.717) is 30.3 Å². The predicted octanol–water partition coefficient (Wildman–Crippen LogP) is 3.05. The molecule has 31 heavy (non-hydrogen) atoms. The highest BCUT2D eigenvalue weighted by Gasteiger charge is 2.23. The minimum Gasteiger partial charge on any atom is -0.349 e. The summed E-state index contributed by atoms with van der Waals surface area (Å²) in [5.41, 5.74) is 3.07. The fourth-order valence-electron chi connectivity index (χ4n) is 3.01. The van der Waals surface area contributed by atoms with Gasteiger partial charge in [-0.1, -0.05) is 24.3 Å². The Morgan fingerprint density at radius 2 is 1.74 bits per heavy atom. The van der Waals surface area contributed by atoms with E-state index in [2.05, 4.69) is 11.4 Å². The fraction of sp³-hybridized carbons (Fsp3) is 0.320. The van der Waals surface area contributed by atoms with Gasteiger partial charge in [-0.3, -0.25) is 9.59 Å². The van der Waals surface area contributed by atoms with Crippen LogP contribution in [0.3, 0.4) is 0 Å². The summed E-state index contributed by atoms with van der Waals surface area (Å²) in [7, 11) is 3.95. The Labute approximate surface area is 183 Å². The summed E-state index contributed by atoms with van der Waals surface area (Å²) in [4.78, 5) is 28.8. The summed E-state index contributed by atoms with van der Waals surface area (Å²) in [6, 6.07) is 17.0. The van der Waals surface area contributed by atoms with Crippen LogP contribution in [-0.4, -0.2) is 54.8 Å². The molecule has 6 nitrogen and oxygen atoms in total. The lowest BCUT2D eigenvalue weighted by Gasteiger charge is -2.23. The van der Waals surface area contributed by atoms with Crippen LogP contribution < -0.4 is 5.32 Å². The maximum absolute atomic E-state index is 12.9. The lowest BCUT2D eigenvalue weighted by atomic mass is 10.1. The van der Waals surface area contributed by atoms with E-state index in [1.54, 1.807) is 41.3 Å². The van der Waals surface area contributed by atoms with Crippen molar-refractivity contribution in [2.24, 2.45) is 0 Å². The van der Waals surface area contributed by atoms with Crippen molar-refractivity contribution < 1.29 is 9.59 Å². The number of carbonyl (C=O) groups excluding carboxylic acids is 2. The SMILES string of the molecule is CN(C)CCN(Cc1ccc(C#N)cc1)C(=O)C=Cc1ccc(C(=O)NC2CC2)cc1. The van der Waals surface area contributed by atoms with Crippen molar-refractivity contribution in [3.8, 4) is 6.07 Å². The van der Waals surface area contributed by atoms with Gasteiger partial charge in [0.15, 0.2) is 0 Å². The summed E-state index contributed by atoms with van der Waals surface area (Å²) in [5, 5.41) is 11.9. The molecule has 6 heteroatoms. The molecule has 1 N–H and O–H groups in total. The molecule has 0 heterocycles. The molecule has 3 rings (SSSR count). The van der Waals surface area contributed by atoms with Crippen LogP contribution in [0.15, 0.2) is 54.6 Å². The lowest BCUT2D eigenvalue weighted by Crippen LogP contribution is -2.35. The van der Waals surface area contributed by atoms with Gasteiger partial charge < -0.3 is 15.1 Å². The summed E-state index contributed by atoms with van der Waals surface area (Å²) in [5.74, 6) is -0.131. The van der Waals surface area contributed by atoms with Gasteiger partial charge in [0.25, 0.3) is 5.91 Å². The Kier molecular flexibility index (Phi) is 7.58. The molecule has 0 radical (unpaired) electrons. The minimum absolute atomic E-state index is 0.0496. The molecule has 2 amide bonds. The zero-order valence-electron chi connectivity index (χ0n) is 18.0. The van der Waals surface area contributed by atoms with Crippen molar-refractivity contribution in [1.82, 2.24) is 15.1 Å². The van der Waals surface area contributed by atoms with Crippen LogP contribution in [-0.2, 0) is 11.3 Å². The number of nitrogens with zero attached hydrogens (tertiary/aromatic N) is 3. The van der Waals surface area contributed by atoms with Crippen molar-refractivity contribution in [2.75, 3.05) is 27.2 Å². The van der Waals surface area contributed by atoms with Gasteiger partial charge in [-0.05, 0) is 68.4 Å². The highest BCUT2D eigenvalue weighted by molar-refractivity contribution is 5.95. The number of benzene rings is 2. The van der Waals surface area contributed by atoms with E-state index in [1.807, 2.05) is 43.3 Å². The van der Waals surface area contributed by atoms with Crippen molar-refractivity contribution in [3.63, 3.8) is 0 Å². The molecule has 0 atom stereocenters. The van der Waals surface area contributed by atoms with Crippen molar-refractivity contribution in [1.29, 1.82) is 5.26 Å². The summed E-state index contributed by atoms with van der Waals surface area (Å²) in [6.07, 6.45) is 5.45. The molecule has 1 aliphatic rings. The van der Waals surface area contributed by atoms with Crippen LogP contribution in [0, 0.1) is 11.3 Å². The van der Waals surface area contributed by atoms with E-state index in [1.165, 1.54) is 0 Å². The monoisotopic (exact) mass is 416 g/mol. The first kappa shape index (κ1) is 22.3. The standard InChI is InChI=1S/C25H28N4O2/c1-28(2)15-16-29(18-21-5-3-20(17-26)4-6-21)24(30)14-9-19-7-10-22(11-8-19)25(31)27-23-12-13-23/h3-11,14,23H,12-13,15-16,18H2,1-2H3,(H,27,31). The molecule has 0 unspecified atom stereocenters. The molecule has 0 aliphatic heterocycles. The first-order valence-corrected chi connectivity index (χ1v) is 10.5. The van der Waals surface area contributed by atoms with Crippen LogP contribution in [0.1, 0.15) is 39.9 Å². The Balaban J connectivity index is 1.64. The maximum atomic E-state index is 12.9. The highest BCUT2D eigenvalue weighted by Crippen LogP contribution is 2.19. The first-order chi connectivity index (χ1) is 14.9. The van der Waals surface area contributed by atoms with Crippen molar-refractivity contribution in [2.45, 2.75) is 25.4 Å². The molecule has 1 fully saturated rings. The summed E-state index contributed by atoms with van der Waals surface area (Å²) in [6.45, 7) is 1.82. The van der Waals surface area contributed by atoms with Gasteiger partial charge in [0, 0.05) is 37.3 Å². The molecule has 2 aromatic rings. The van der Waals surface area contributed by atoms with E-state index in [-0.39, 0.29) is 11.8 Å². The quantitative estimate of drug-likeness (QED) is 0.638. The van der Waals surface area contributed by atoms with Crippen LogP contribution in [0.2, 0.25) is 0 Å². The number of nitrogens with one attached hydrogen (secondary N) is 1. The molecule has 1 aliphatic carbocycles. The van der Waals surface area contributed by atoms with Crippen molar-refractivity contribution in [3.05, 3.63) is 76.9 Å². The lowest BCUT2D eigenvalue weighted by molar-refractivity contribution is -0.126. The maximum Gasteiger partial charge on any atom is 0.251 e. The summed E-state index contributed by atoms with van der Waals surface area (Å²) < 4.78 is 0. The zero-order chi connectivity index (χ0) is 22.2. The normalized spacial score (nSPS) is 13.2. The second kappa shape index (κ2) is 10.6. The smallest absolute Gasteiger partial charge is 0.251 e. The topological polar surface area (TPSA) is 76.4 Å². The Morgan fingerprint density at radius 3 is 2.32 bits per heavy atom. The highest BCUT2D eigenvalue weighted by atomic mass is 16.2. The third-order valence-electron chi connectivity index (χ3n) is 5.09. The molecule has 1 saturated carbocycles. The van der Waals surface area contributed by atoms with Crippen LogP contribution in [0.4, 0.5) is 0 Å². The second-order valence-electron chi connectivity index (χ2n) is 8.07. The largest absolute Gasteiger partial charge is 0.349 e. The molecule has 0 aromatic heterocycles. The van der Waals surface area contributed by atoms with E-state index in [0.717, 1.165) is 30.5 Å². The number of nitriles is 1. The number of carbonyl (C=O) groups is 2. The number of hydrogen-bond donors (Lipinski definition) is 1. The molecule has 0 bridgehead atoms. The van der Waals surface area contributed by atoms with Gasteiger partial charge in [-0.2, -0.15) is 5.26 Å². The van der Waals surface area contributed by atoms with Crippen LogP contribution >= 0.6 is 0 Å². The third kappa shape index (κ3) is 7.09. The van der Waals surface area contributed by atoms with Gasteiger partial charge in [-0.15, -0.1) is 0 Å². The fourth-order valence-corrected chi connectivity index (χ4v) is 3.01. The second-order valence-corrected chi connectivity index (χ2v) is 8.07. The molecule has 2 aromatic carbocycles. The zero-order valence-corrected chi connectivity index (χ0v) is 18.0. The predicted molar refractivity (Wildman–Crippen MR) is 121 cm³/mol. The Hall–Kier alpha value is -3.43. The minimum atomic E-state index is -0.0817. The number of likely N-dealkylation sites (N-methyl/N-ethyl adjacent to an activating group) is 1. The van der Waals surface area contributed by atoms with Crippen LogP contribution in [0.25, 0.3) is 6.08 Å². The third-order valence-corrected chi connectivity index (χ3v) is 5.09. The number of rotatable bonds is 9. The molecule has 0 saturated heterocycles. The Bertz CT molecular complexity index is 968. The number of amides is 2. The molecule has 0 spiro atoms. The molecular weight excluding hydrogens is 388 g/mol. The van der Waals surface area contributed by atoms with Gasteiger partial charge >= 0.3 is 0 Å². The number of hydrogen-bond acceptors (Lipinski definition) is 4. The Morgan fingerprint density at radius 1 is 1.06 bits per heavy atom. The van der Waals surface area contributed by atoms with Crippen LogP contribution in [0.5, 0.6) is 0 Å². The molecular formula is C25H28N4O2. The summed E-state index contributed by atoms with van der Waals surface area (Å²) >= 11 is 0. The van der Waals surface area contributed by atoms with Gasteiger partial charge in [-0.25, -0.2) is 0 Å². The average molecular weight is 417 g/mol. The van der Waals surface area contributed by atoms with Crippen molar-refractivity contribution >= 4 is 17.9 Å². The van der Waals surface area contributed by atoms with E-state index in [4.69, 9.17) is 5.26 Å². The van der Waals surface area contributed by atoms with E-state index >= 15 is 0 Å². The van der Waals surface area contributed by atoms with E-state index < -0.39 is 0 Å². The first-order valence-electron chi connectivity index (χ1n) is 10.5. The van der Waals surface area contributed by atoms with Gasteiger partial charge in [0.1, 0.15) is 0 Å². The van der Waals surface area contributed by atoms with E-state index in [9.17, 15) is 9.59 Å². The van der Waals surface area contributed by atoms with Gasteiger partial charge in [0.05, 0.1) is 11.6 Å².